The molecule has 65 heavy (non-hydrogen) atoms. The molecule has 1 unspecified atom stereocenters. The molecule has 0 radical (unpaired) electrons. The average Bonchev–Trinajstić information content (AvgIpc) is 4.10. The molecule has 6 heteroatoms. The van der Waals surface area contributed by atoms with Gasteiger partial charge in [0.05, 0.1) is 33.5 Å². The summed E-state index contributed by atoms with van der Waals surface area (Å²) in [4.78, 5) is 11.5. The van der Waals surface area contributed by atoms with Gasteiger partial charge >= 0.3 is 0 Å². The number of fused-ring (bicyclic) bond motifs is 13. The zero-order valence-corrected chi connectivity index (χ0v) is 36.2. The molecule has 14 rings (SSSR count). The molecule has 0 aliphatic carbocycles. The monoisotopic (exact) mass is 850 g/mol. The van der Waals surface area contributed by atoms with E-state index in [2.05, 4.69) is 210 Å². The second-order valence-corrected chi connectivity index (χ2v) is 18.4. The van der Waals surface area contributed by atoms with Crippen LogP contribution < -0.4 is 0 Å². The Labute approximate surface area is 377 Å². The maximum absolute atomic E-state index is 7.06. The molecule has 0 saturated carbocycles. The minimum Gasteiger partial charge on any atom is -0.454 e. The Morgan fingerprint density at radius 2 is 1.12 bits per heavy atom. The second kappa shape index (κ2) is 14.0. The number of thiophene rings is 1. The van der Waals surface area contributed by atoms with Gasteiger partial charge in [-0.3, -0.25) is 4.57 Å². The lowest BCUT2D eigenvalue weighted by Crippen LogP contribution is -2.18. The molecule has 5 nitrogen and oxygen atoms in total. The van der Waals surface area contributed by atoms with Gasteiger partial charge in [-0.2, -0.15) is 0 Å². The van der Waals surface area contributed by atoms with Crippen LogP contribution in [0.3, 0.4) is 0 Å². The van der Waals surface area contributed by atoms with Gasteiger partial charge in [0.1, 0.15) is 11.4 Å². The van der Waals surface area contributed by atoms with E-state index in [9.17, 15) is 0 Å². The van der Waals surface area contributed by atoms with E-state index < -0.39 is 0 Å². The first-order valence-electron chi connectivity index (χ1n) is 22.3. The Hall–Kier alpha value is -8.06. The Morgan fingerprint density at radius 1 is 0.508 bits per heavy atom. The maximum atomic E-state index is 7.06. The van der Waals surface area contributed by atoms with Crippen LogP contribution in [-0.4, -0.2) is 20.7 Å². The van der Waals surface area contributed by atoms with Gasteiger partial charge in [0, 0.05) is 64.0 Å². The molecular formula is C59H38N4OS. The number of furan rings is 1. The number of hydrogen-bond donors (Lipinski definition) is 0. The van der Waals surface area contributed by atoms with E-state index in [-0.39, 0.29) is 5.92 Å². The van der Waals surface area contributed by atoms with Crippen LogP contribution in [-0.2, 0) is 0 Å². The van der Waals surface area contributed by atoms with Crippen LogP contribution in [0.5, 0.6) is 0 Å². The van der Waals surface area contributed by atoms with Crippen molar-refractivity contribution < 1.29 is 4.42 Å². The van der Waals surface area contributed by atoms with Crippen molar-refractivity contribution in [3.8, 4) is 5.69 Å². The number of aliphatic imine (C=N–C) groups is 2. The number of amidine groups is 1. The summed E-state index contributed by atoms with van der Waals surface area (Å²) in [5.41, 5.74) is 10.1. The van der Waals surface area contributed by atoms with Gasteiger partial charge in [-0.1, -0.05) is 128 Å². The van der Waals surface area contributed by atoms with Crippen molar-refractivity contribution in [2.75, 3.05) is 0 Å². The highest BCUT2D eigenvalue weighted by molar-refractivity contribution is 7.25. The SMILES string of the molecule is CC1C/C=C(\n2c3ccccc3c3ccccc32)N=C(c2ccc(-n3c4ccccc4c4cc5ccccc5cc43)c3oc4ccccc4c23)N=C1c1ccc2sc3ccccc3c2c1. The van der Waals surface area contributed by atoms with Crippen molar-refractivity contribution in [2.24, 2.45) is 15.9 Å². The predicted molar refractivity (Wildman–Crippen MR) is 275 cm³/mol. The van der Waals surface area contributed by atoms with E-state index in [1.807, 2.05) is 11.3 Å². The fraction of sp³-hybridized carbons (Fsp3) is 0.0508. The highest BCUT2D eigenvalue weighted by atomic mass is 32.1. The van der Waals surface area contributed by atoms with E-state index in [1.54, 1.807) is 0 Å². The van der Waals surface area contributed by atoms with Gasteiger partial charge in [0.25, 0.3) is 0 Å². The summed E-state index contributed by atoms with van der Waals surface area (Å²) in [5, 5.41) is 11.8. The zero-order chi connectivity index (χ0) is 42.8. The Kier molecular flexibility index (Phi) is 7.83. The number of benzene rings is 9. The number of para-hydroxylation sites is 4. The summed E-state index contributed by atoms with van der Waals surface area (Å²) in [7, 11) is 0. The molecule has 13 aromatic rings. The summed E-state index contributed by atoms with van der Waals surface area (Å²) in [6.45, 7) is 2.30. The van der Waals surface area contributed by atoms with Crippen LogP contribution in [0.1, 0.15) is 24.5 Å². The van der Waals surface area contributed by atoms with E-state index in [1.165, 1.54) is 52.5 Å². The lowest BCUT2D eigenvalue weighted by molar-refractivity contribution is 0.666. The average molecular weight is 851 g/mol. The quantitative estimate of drug-likeness (QED) is 0.174. The molecule has 1 aliphatic heterocycles. The summed E-state index contributed by atoms with van der Waals surface area (Å²) in [6, 6.07) is 67.7. The van der Waals surface area contributed by atoms with Crippen molar-refractivity contribution in [2.45, 2.75) is 13.3 Å². The minimum absolute atomic E-state index is 0.0780. The molecule has 5 heterocycles. The van der Waals surface area contributed by atoms with E-state index in [0.717, 1.165) is 78.8 Å². The molecule has 0 fully saturated rings. The number of nitrogens with zero attached hydrogens (tertiary/aromatic N) is 4. The van der Waals surface area contributed by atoms with Crippen LogP contribution in [0.4, 0.5) is 0 Å². The number of aromatic nitrogens is 2. The first-order valence-corrected chi connectivity index (χ1v) is 23.1. The van der Waals surface area contributed by atoms with Crippen molar-refractivity contribution >= 4 is 125 Å². The van der Waals surface area contributed by atoms with E-state index >= 15 is 0 Å². The summed E-state index contributed by atoms with van der Waals surface area (Å²) < 4.78 is 14.3. The lowest BCUT2D eigenvalue weighted by Gasteiger charge is -2.20. The highest BCUT2D eigenvalue weighted by Crippen LogP contribution is 2.42. The molecule has 1 atom stereocenters. The molecule has 0 amide bonds. The molecule has 1 aliphatic rings. The zero-order valence-electron chi connectivity index (χ0n) is 35.4. The Balaban J connectivity index is 1.07. The fourth-order valence-corrected chi connectivity index (χ4v) is 11.6. The molecule has 0 bridgehead atoms. The number of hydrogen-bond acceptors (Lipinski definition) is 4. The Bertz CT molecular complexity index is 4190. The molecule has 9 aromatic carbocycles. The second-order valence-electron chi connectivity index (χ2n) is 17.3. The van der Waals surface area contributed by atoms with Crippen LogP contribution in [0.15, 0.2) is 209 Å². The number of allylic oxidation sites excluding steroid dienone is 1. The third-order valence-corrected chi connectivity index (χ3v) is 14.7. The van der Waals surface area contributed by atoms with E-state index in [0.29, 0.717) is 5.84 Å². The number of rotatable bonds is 4. The molecule has 4 aromatic heterocycles. The topological polar surface area (TPSA) is 47.7 Å². The largest absolute Gasteiger partial charge is 0.454 e. The lowest BCUT2D eigenvalue weighted by atomic mass is 9.93. The molecular weight excluding hydrogens is 813 g/mol. The van der Waals surface area contributed by atoms with Crippen LogP contribution in [0, 0.1) is 5.92 Å². The molecule has 0 saturated heterocycles. The normalized spacial score (nSPS) is 15.7. The summed E-state index contributed by atoms with van der Waals surface area (Å²) in [5.74, 6) is 1.58. The predicted octanol–water partition coefficient (Wildman–Crippen LogP) is 16.1. The summed E-state index contributed by atoms with van der Waals surface area (Å²) in [6.07, 6.45) is 3.08. The smallest absolute Gasteiger partial charge is 0.162 e. The van der Waals surface area contributed by atoms with Gasteiger partial charge in [-0.25, -0.2) is 9.98 Å². The standard InChI is InChI=1S/C59H38N4OS/c1-35-26-31-55(63-48-22-10-4-16-39(48)40-17-5-11-23-49(40)63)60-59(61-57(35)38-27-30-54-46(33-38)42-19-8-13-25-53(42)65-54)44-28-29-50(58-56(44)43-20-7-12-24-52(43)64-58)62-47-21-9-6-18-41(47)45-32-36-14-2-3-15-37(36)34-51(45)62/h2-25,27-35H,26H2,1H3/b55-31-,60-59?,61-57?. The van der Waals surface area contributed by atoms with Crippen LogP contribution in [0.25, 0.3) is 108 Å². The highest BCUT2D eigenvalue weighted by Gasteiger charge is 2.26. The van der Waals surface area contributed by atoms with Crippen LogP contribution in [0.2, 0.25) is 0 Å². The van der Waals surface area contributed by atoms with Crippen molar-refractivity contribution in [3.05, 3.63) is 205 Å². The van der Waals surface area contributed by atoms with E-state index in [4.69, 9.17) is 14.4 Å². The van der Waals surface area contributed by atoms with Crippen molar-refractivity contribution in [1.82, 2.24) is 9.13 Å². The van der Waals surface area contributed by atoms with Gasteiger partial charge < -0.3 is 8.98 Å². The van der Waals surface area contributed by atoms with Gasteiger partial charge in [0.15, 0.2) is 11.4 Å². The summed E-state index contributed by atoms with van der Waals surface area (Å²) >= 11 is 1.84. The van der Waals surface area contributed by atoms with Crippen molar-refractivity contribution in [3.63, 3.8) is 0 Å². The van der Waals surface area contributed by atoms with Crippen LogP contribution >= 0.6 is 11.3 Å². The van der Waals surface area contributed by atoms with Gasteiger partial charge in [0.2, 0.25) is 0 Å². The van der Waals surface area contributed by atoms with Gasteiger partial charge in [-0.15, -0.1) is 11.3 Å². The molecule has 0 spiro atoms. The maximum Gasteiger partial charge on any atom is 0.162 e. The fourth-order valence-electron chi connectivity index (χ4n) is 10.6. The van der Waals surface area contributed by atoms with Gasteiger partial charge in [-0.05, 0) is 95.6 Å². The molecule has 0 N–H and O–H groups in total. The van der Waals surface area contributed by atoms with Crippen molar-refractivity contribution in [1.29, 1.82) is 0 Å². The third-order valence-electron chi connectivity index (χ3n) is 13.6. The first-order chi connectivity index (χ1) is 32.1. The molecule has 306 valence electrons. The first kappa shape index (κ1) is 36.4. The Morgan fingerprint density at radius 3 is 1.89 bits per heavy atom. The minimum atomic E-state index is 0.0780. The third kappa shape index (κ3) is 5.44.